The number of nitrogens with zero attached hydrogens (tertiary/aromatic N) is 1. The molecule has 0 aliphatic heterocycles. The molecule has 5 heteroatoms. The number of phenols is 1. The molecule has 3 N–H and O–H groups in total. The predicted molar refractivity (Wildman–Crippen MR) is 68.3 cm³/mol. The second kappa shape index (κ2) is 6.75. The number of carbonyl (C=O) groups is 1. The van der Waals surface area contributed by atoms with Crippen molar-refractivity contribution in [3.63, 3.8) is 0 Å². The number of phenolic OH excluding ortho intramolecular Hbond substituents is 1. The first-order valence-electron chi connectivity index (χ1n) is 5.56. The Labute approximate surface area is 101 Å². The Morgan fingerprint density at radius 2 is 2.18 bits per heavy atom. The second-order valence-electron chi connectivity index (χ2n) is 4.09. The van der Waals surface area contributed by atoms with Crippen molar-refractivity contribution in [3.8, 4) is 5.75 Å². The Morgan fingerprint density at radius 1 is 1.41 bits per heavy atom. The van der Waals surface area contributed by atoms with E-state index in [0.29, 0.717) is 12.2 Å². The SMILES string of the molecule is CN(C)CCCNC(=O)Nc1cccc(O)c1. The van der Waals surface area contributed by atoms with Crippen LogP contribution in [-0.4, -0.2) is 43.2 Å². The van der Waals surface area contributed by atoms with E-state index in [1.807, 2.05) is 14.1 Å². The van der Waals surface area contributed by atoms with E-state index >= 15 is 0 Å². The van der Waals surface area contributed by atoms with Crippen molar-refractivity contribution in [3.05, 3.63) is 24.3 Å². The van der Waals surface area contributed by atoms with Crippen molar-refractivity contribution >= 4 is 11.7 Å². The summed E-state index contributed by atoms with van der Waals surface area (Å²) in [5, 5.41) is 14.6. The molecule has 2 amide bonds. The molecule has 17 heavy (non-hydrogen) atoms. The number of rotatable bonds is 5. The highest BCUT2D eigenvalue weighted by Gasteiger charge is 2.01. The van der Waals surface area contributed by atoms with Crippen LogP contribution < -0.4 is 10.6 Å². The number of carbonyl (C=O) groups excluding carboxylic acids is 1. The fourth-order valence-corrected chi connectivity index (χ4v) is 1.36. The highest BCUT2D eigenvalue weighted by Crippen LogP contribution is 2.14. The number of hydrogen-bond acceptors (Lipinski definition) is 3. The number of urea groups is 1. The first-order chi connectivity index (χ1) is 8.08. The van der Waals surface area contributed by atoms with E-state index in [0.717, 1.165) is 13.0 Å². The van der Waals surface area contributed by atoms with E-state index in [2.05, 4.69) is 15.5 Å². The zero-order valence-corrected chi connectivity index (χ0v) is 10.2. The van der Waals surface area contributed by atoms with Crippen molar-refractivity contribution in [1.29, 1.82) is 0 Å². The zero-order chi connectivity index (χ0) is 12.7. The minimum atomic E-state index is -0.255. The molecule has 0 fully saturated rings. The van der Waals surface area contributed by atoms with E-state index < -0.39 is 0 Å². The topological polar surface area (TPSA) is 64.6 Å². The van der Waals surface area contributed by atoms with Gasteiger partial charge in [-0.2, -0.15) is 0 Å². The molecule has 1 aromatic rings. The van der Waals surface area contributed by atoms with Crippen LogP contribution in [0.3, 0.4) is 0 Å². The highest BCUT2D eigenvalue weighted by atomic mass is 16.3. The summed E-state index contributed by atoms with van der Waals surface area (Å²) in [5.41, 5.74) is 0.579. The number of nitrogens with one attached hydrogen (secondary N) is 2. The third-order valence-corrected chi connectivity index (χ3v) is 2.17. The maximum Gasteiger partial charge on any atom is 0.319 e. The molecule has 0 aliphatic carbocycles. The first kappa shape index (κ1) is 13.3. The van der Waals surface area contributed by atoms with Gasteiger partial charge < -0.3 is 20.6 Å². The molecule has 5 nitrogen and oxygen atoms in total. The van der Waals surface area contributed by atoms with Gasteiger partial charge >= 0.3 is 6.03 Å². The lowest BCUT2D eigenvalue weighted by Gasteiger charge is -2.10. The molecule has 0 saturated heterocycles. The molecule has 0 unspecified atom stereocenters. The van der Waals surface area contributed by atoms with Gasteiger partial charge in [0, 0.05) is 18.3 Å². The van der Waals surface area contributed by atoms with Crippen LogP contribution in [0.1, 0.15) is 6.42 Å². The van der Waals surface area contributed by atoms with Gasteiger partial charge in [-0.05, 0) is 39.2 Å². The standard InChI is InChI=1S/C12H19N3O2/c1-15(2)8-4-7-13-12(17)14-10-5-3-6-11(16)9-10/h3,5-6,9,16H,4,7-8H2,1-2H3,(H2,13,14,17). The normalized spacial score (nSPS) is 10.3. The Morgan fingerprint density at radius 3 is 2.82 bits per heavy atom. The Balaban J connectivity index is 2.25. The Kier molecular flexibility index (Phi) is 5.29. The van der Waals surface area contributed by atoms with E-state index in [1.165, 1.54) is 6.07 Å². The van der Waals surface area contributed by atoms with Gasteiger partial charge in [0.05, 0.1) is 0 Å². The van der Waals surface area contributed by atoms with Crippen LogP contribution in [0.2, 0.25) is 0 Å². The summed E-state index contributed by atoms with van der Waals surface area (Å²) >= 11 is 0. The summed E-state index contributed by atoms with van der Waals surface area (Å²) in [4.78, 5) is 13.5. The maximum absolute atomic E-state index is 11.5. The van der Waals surface area contributed by atoms with Gasteiger partial charge in [0.15, 0.2) is 0 Å². The minimum Gasteiger partial charge on any atom is -0.508 e. The van der Waals surface area contributed by atoms with Crippen LogP contribution in [-0.2, 0) is 0 Å². The fraction of sp³-hybridized carbons (Fsp3) is 0.417. The summed E-state index contributed by atoms with van der Waals surface area (Å²) in [6.45, 7) is 1.56. The molecule has 0 atom stereocenters. The van der Waals surface area contributed by atoms with Crippen molar-refractivity contribution in [2.75, 3.05) is 32.5 Å². The van der Waals surface area contributed by atoms with Gasteiger partial charge in [-0.15, -0.1) is 0 Å². The number of anilines is 1. The van der Waals surface area contributed by atoms with Crippen LogP contribution in [0.15, 0.2) is 24.3 Å². The third kappa shape index (κ3) is 5.77. The first-order valence-corrected chi connectivity index (χ1v) is 5.56. The van der Waals surface area contributed by atoms with Crippen LogP contribution >= 0.6 is 0 Å². The molecule has 1 aromatic carbocycles. The van der Waals surface area contributed by atoms with E-state index in [1.54, 1.807) is 18.2 Å². The molecular formula is C12H19N3O2. The Bertz CT molecular complexity index is 367. The number of hydrogen-bond donors (Lipinski definition) is 3. The van der Waals surface area contributed by atoms with Gasteiger partial charge in [-0.1, -0.05) is 6.07 Å². The van der Waals surface area contributed by atoms with Crippen molar-refractivity contribution in [2.45, 2.75) is 6.42 Å². The molecule has 0 aliphatic rings. The lowest BCUT2D eigenvalue weighted by molar-refractivity contribution is 0.251. The lowest BCUT2D eigenvalue weighted by Crippen LogP contribution is -2.31. The molecule has 0 heterocycles. The molecule has 0 bridgehead atoms. The van der Waals surface area contributed by atoms with Gasteiger partial charge in [0.25, 0.3) is 0 Å². The maximum atomic E-state index is 11.5. The molecular weight excluding hydrogens is 218 g/mol. The average Bonchev–Trinajstić information content (AvgIpc) is 2.24. The number of amides is 2. The Hall–Kier alpha value is -1.75. The minimum absolute atomic E-state index is 0.135. The van der Waals surface area contributed by atoms with E-state index in [9.17, 15) is 9.90 Å². The molecule has 0 saturated carbocycles. The van der Waals surface area contributed by atoms with Crippen LogP contribution in [0.5, 0.6) is 5.75 Å². The summed E-state index contributed by atoms with van der Waals surface area (Å²) in [5.74, 6) is 0.135. The van der Waals surface area contributed by atoms with Crippen LogP contribution in [0, 0.1) is 0 Å². The van der Waals surface area contributed by atoms with Crippen LogP contribution in [0.4, 0.5) is 10.5 Å². The molecule has 94 valence electrons. The van der Waals surface area contributed by atoms with E-state index in [-0.39, 0.29) is 11.8 Å². The summed E-state index contributed by atoms with van der Waals surface area (Å²) in [7, 11) is 3.99. The quantitative estimate of drug-likeness (QED) is 0.679. The number of aromatic hydroxyl groups is 1. The largest absolute Gasteiger partial charge is 0.508 e. The molecule has 0 aromatic heterocycles. The molecule has 0 radical (unpaired) electrons. The summed E-state index contributed by atoms with van der Waals surface area (Å²) < 4.78 is 0. The number of benzene rings is 1. The predicted octanol–water partition coefficient (Wildman–Crippen LogP) is 1.47. The van der Waals surface area contributed by atoms with Gasteiger partial charge in [-0.25, -0.2) is 4.79 Å². The molecule has 0 spiro atoms. The fourth-order valence-electron chi connectivity index (χ4n) is 1.36. The van der Waals surface area contributed by atoms with Gasteiger partial charge in [0.2, 0.25) is 0 Å². The molecule has 1 rings (SSSR count). The second-order valence-corrected chi connectivity index (χ2v) is 4.09. The zero-order valence-electron chi connectivity index (χ0n) is 10.2. The average molecular weight is 237 g/mol. The van der Waals surface area contributed by atoms with Crippen molar-refractivity contribution < 1.29 is 9.90 Å². The van der Waals surface area contributed by atoms with Crippen molar-refractivity contribution in [2.24, 2.45) is 0 Å². The monoisotopic (exact) mass is 237 g/mol. The van der Waals surface area contributed by atoms with Crippen molar-refractivity contribution in [1.82, 2.24) is 10.2 Å². The van der Waals surface area contributed by atoms with E-state index in [4.69, 9.17) is 0 Å². The smallest absolute Gasteiger partial charge is 0.319 e. The lowest BCUT2D eigenvalue weighted by atomic mass is 10.3. The van der Waals surface area contributed by atoms with Gasteiger partial charge in [0.1, 0.15) is 5.75 Å². The van der Waals surface area contributed by atoms with Crippen LogP contribution in [0.25, 0.3) is 0 Å². The van der Waals surface area contributed by atoms with Gasteiger partial charge in [-0.3, -0.25) is 0 Å². The highest BCUT2D eigenvalue weighted by molar-refractivity contribution is 5.89. The summed E-state index contributed by atoms with van der Waals surface area (Å²) in [6.07, 6.45) is 0.903. The summed E-state index contributed by atoms with van der Waals surface area (Å²) in [6, 6.07) is 6.20. The third-order valence-electron chi connectivity index (χ3n) is 2.17.